The average molecular weight is 284 g/mol. The predicted molar refractivity (Wildman–Crippen MR) is 68.0 cm³/mol. The van der Waals surface area contributed by atoms with Gasteiger partial charge in [-0.05, 0) is 30.5 Å². The molecule has 1 aromatic rings. The Kier molecular flexibility index (Phi) is 4.19. The molecule has 2 rings (SSSR count). The smallest absolute Gasteiger partial charge is 0.392 e. The molecule has 1 N–H and O–H groups in total. The molecule has 0 atom stereocenters. The Labute approximate surface area is 115 Å². The largest absolute Gasteiger partial charge is 0.418 e. The number of aliphatic hydroxyl groups is 1. The van der Waals surface area contributed by atoms with E-state index in [1.54, 1.807) is 4.90 Å². The highest BCUT2D eigenvalue weighted by Crippen LogP contribution is 2.41. The van der Waals surface area contributed by atoms with Crippen molar-refractivity contribution in [1.82, 2.24) is 0 Å². The van der Waals surface area contributed by atoms with Gasteiger partial charge in [0, 0.05) is 18.3 Å². The first-order valence-electron chi connectivity index (χ1n) is 6.42. The van der Waals surface area contributed by atoms with Crippen LogP contribution >= 0.6 is 0 Å². The Bertz CT molecular complexity index is 518. The Morgan fingerprint density at radius 2 is 2.05 bits per heavy atom. The lowest BCUT2D eigenvalue weighted by Gasteiger charge is -2.27. The van der Waals surface area contributed by atoms with Gasteiger partial charge in [-0.25, -0.2) is 0 Å². The molecule has 0 aromatic heterocycles. The predicted octanol–water partition coefficient (Wildman–Crippen LogP) is 3.08. The van der Waals surface area contributed by atoms with E-state index in [2.05, 4.69) is 0 Å². The minimum atomic E-state index is -4.47. The molecule has 1 aliphatic rings. The van der Waals surface area contributed by atoms with Gasteiger partial charge in [-0.2, -0.15) is 18.4 Å². The van der Waals surface area contributed by atoms with Gasteiger partial charge in [-0.1, -0.05) is 6.07 Å². The standard InChI is InChI=1S/C14H15F3N2O/c15-14(16,17)12-8-10(9-20)2-5-13(12)19(7-1-6-18)11-3-4-11/h2,5,8,11,20H,1,3-4,7,9H2. The Balaban J connectivity index is 2.40. The van der Waals surface area contributed by atoms with Gasteiger partial charge in [0.2, 0.25) is 0 Å². The fraction of sp³-hybridized carbons (Fsp3) is 0.500. The summed E-state index contributed by atoms with van der Waals surface area (Å²) < 4.78 is 39.5. The second-order valence-electron chi connectivity index (χ2n) is 4.84. The molecule has 1 aliphatic carbocycles. The third-order valence-electron chi connectivity index (χ3n) is 3.31. The maximum Gasteiger partial charge on any atom is 0.418 e. The summed E-state index contributed by atoms with van der Waals surface area (Å²) >= 11 is 0. The third kappa shape index (κ3) is 3.23. The number of nitriles is 1. The molecule has 0 unspecified atom stereocenters. The van der Waals surface area contributed by atoms with Crippen LogP contribution in [0.1, 0.15) is 30.4 Å². The molecular formula is C14H15F3N2O. The SMILES string of the molecule is N#CCCN(c1ccc(CO)cc1C(F)(F)F)C1CC1. The zero-order chi connectivity index (χ0) is 14.8. The van der Waals surface area contributed by atoms with E-state index < -0.39 is 18.3 Å². The highest BCUT2D eigenvalue weighted by molar-refractivity contribution is 5.58. The number of anilines is 1. The number of hydrogen-bond donors (Lipinski definition) is 1. The summed E-state index contributed by atoms with van der Waals surface area (Å²) in [6, 6.07) is 5.92. The van der Waals surface area contributed by atoms with Crippen LogP contribution in [0.5, 0.6) is 0 Å². The molecule has 0 bridgehead atoms. The van der Waals surface area contributed by atoms with Gasteiger partial charge < -0.3 is 10.0 Å². The van der Waals surface area contributed by atoms with E-state index in [0.29, 0.717) is 6.54 Å². The number of halogens is 3. The Morgan fingerprint density at radius 3 is 2.55 bits per heavy atom. The molecule has 20 heavy (non-hydrogen) atoms. The maximum atomic E-state index is 13.2. The van der Waals surface area contributed by atoms with Crippen LogP contribution in [0.2, 0.25) is 0 Å². The normalized spacial score (nSPS) is 14.9. The average Bonchev–Trinajstić information content (AvgIpc) is 3.23. The van der Waals surface area contributed by atoms with Gasteiger partial charge in [0.1, 0.15) is 0 Å². The molecule has 108 valence electrons. The Morgan fingerprint density at radius 1 is 1.35 bits per heavy atom. The first-order chi connectivity index (χ1) is 9.47. The summed E-state index contributed by atoms with van der Waals surface area (Å²) in [5.74, 6) is 0. The van der Waals surface area contributed by atoms with E-state index in [1.165, 1.54) is 12.1 Å². The van der Waals surface area contributed by atoms with Crippen molar-refractivity contribution >= 4 is 5.69 Å². The molecule has 0 saturated heterocycles. The van der Waals surface area contributed by atoms with Crippen molar-refractivity contribution in [3.63, 3.8) is 0 Å². The lowest BCUT2D eigenvalue weighted by Crippen LogP contribution is -2.29. The summed E-state index contributed by atoms with van der Waals surface area (Å²) in [6.07, 6.45) is -2.58. The molecule has 1 aromatic carbocycles. The van der Waals surface area contributed by atoms with E-state index in [4.69, 9.17) is 10.4 Å². The van der Waals surface area contributed by atoms with Crippen molar-refractivity contribution in [1.29, 1.82) is 5.26 Å². The molecule has 0 spiro atoms. The van der Waals surface area contributed by atoms with Crippen molar-refractivity contribution in [2.24, 2.45) is 0 Å². The number of alkyl halides is 3. The van der Waals surface area contributed by atoms with Gasteiger partial charge in [0.05, 0.1) is 24.7 Å². The molecule has 6 heteroatoms. The van der Waals surface area contributed by atoms with Crippen LogP contribution < -0.4 is 4.90 Å². The monoisotopic (exact) mass is 284 g/mol. The lowest BCUT2D eigenvalue weighted by atomic mass is 10.1. The van der Waals surface area contributed by atoms with Crippen LogP contribution in [0.25, 0.3) is 0 Å². The minimum absolute atomic E-state index is 0.0874. The fourth-order valence-electron chi connectivity index (χ4n) is 2.22. The molecule has 0 heterocycles. The Hall–Kier alpha value is -1.74. The van der Waals surface area contributed by atoms with Crippen molar-refractivity contribution in [2.45, 2.75) is 38.1 Å². The summed E-state index contributed by atoms with van der Waals surface area (Å²) in [6.45, 7) is -0.131. The van der Waals surface area contributed by atoms with Gasteiger partial charge in [0.15, 0.2) is 0 Å². The summed E-state index contributed by atoms with van der Waals surface area (Å²) in [4.78, 5) is 1.66. The maximum absolute atomic E-state index is 13.2. The summed E-state index contributed by atoms with van der Waals surface area (Å²) in [5.41, 5.74) is -0.404. The van der Waals surface area contributed by atoms with Crippen LogP contribution in [0.4, 0.5) is 18.9 Å². The first kappa shape index (κ1) is 14.7. The number of rotatable bonds is 5. The summed E-state index contributed by atoms with van der Waals surface area (Å²) in [7, 11) is 0. The molecule has 0 aliphatic heterocycles. The van der Waals surface area contributed by atoms with Crippen molar-refractivity contribution < 1.29 is 18.3 Å². The zero-order valence-electron chi connectivity index (χ0n) is 10.8. The molecule has 1 fully saturated rings. The van der Waals surface area contributed by atoms with E-state index in [9.17, 15) is 13.2 Å². The van der Waals surface area contributed by atoms with Gasteiger partial charge in [-0.3, -0.25) is 0 Å². The van der Waals surface area contributed by atoms with Gasteiger partial charge in [-0.15, -0.1) is 0 Å². The topological polar surface area (TPSA) is 47.3 Å². The molecule has 0 amide bonds. The van der Waals surface area contributed by atoms with E-state index >= 15 is 0 Å². The second-order valence-corrected chi connectivity index (χ2v) is 4.84. The molecular weight excluding hydrogens is 269 g/mol. The van der Waals surface area contributed by atoms with Crippen LogP contribution in [-0.2, 0) is 12.8 Å². The van der Waals surface area contributed by atoms with E-state index in [0.717, 1.165) is 18.9 Å². The number of nitrogens with zero attached hydrogens (tertiary/aromatic N) is 2. The molecule has 3 nitrogen and oxygen atoms in total. The van der Waals surface area contributed by atoms with Crippen molar-refractivity contribution in [2.75, 3.05) is 11.4 Å². The molecule has 0 radical (unpaired) electrons. The van der Waals surface area contributed by atoms with Crippen LogP contribution in [0.3, 0.4) is 0 Å². The number of benzene rings is 1. The lowest BCUT2D eigenvalue weighted by molar-refractivity contribution is -0.137. The van der Waals surface area contributed by atoms with Crippen LogP contribution in [0, 0.1) is 11.3 Å². The van der Waals surface area contributed by atoms with E-state index in [1.807, 2.05) is 6.07 Å². The van der Waals surface area contributed by atoms with Crippen molar-refractivity contribution in [3.05, 3.63) is 29.3 Å². The zero-order valence-corrected chi connectivity index (χ0v) is 10.8. The highest BCUT2D eigenvalue weighted by atomic mass is 19.4. The molecule has 1 saturated carbocycles. The van der Waals surface area contributed by atoms with Gasteiger partial charge in [0.25, 0.3) is 0 Å². The highest BCUT2D eigenvalue weighted by Gasteiger charge is 2.38. The minimum Gasteiger partial charge on any atom is -0.392 e. The van der Waals surface area contributed by atoms with Crippen molar-refractivity contribution in [3.8, 4) is 6.07 Å². The van der Waals surface area contributed by atoms with Crippen LogP contribution in [-0.4, -0.2) is 17.7 Å². The second kappa shape index (κ2) is 5.71. The summed E-state index contributed by atoms with van der Waals surface area (Å²) in [5, 5.41) is 17.6. The first-order valence-corrected chi connectivity index (χ1v) is 6.42. The van der Waals surface area contributed by atoms with Crippen LogP contribution in [0.15, 0.2) is 18.2 Å². The number of hydrogen-bond acceptors (Lipinski definition) is 3. The third-order valence-corrected chi connectivity index (χ3v) is 3.31. The number of aliphatic hydroxyl groups excluding tert-OH is 1. The fourth-order valence-corrected chi connectivity index (χ4v) is 2.22. The van der Waals surface area contributed by atoms with Gasteiger partial charge >= 0.3 is 6.18 Å². The quantitative estimate of drug-likeness (QED) is 0.904. The van der Waals surface area contributed by atoms with E-state index in [-0.39, 0.29) is 23.7 Å².